The molecule has 0 fully saturated rings. The van der Waals surface area contributed by atoms with Gasteiger partial charge in [-0.15, -0.1) is 0 Å². The molecule has 1 aromatic heterocycles. The smallest absolute Gasteiger partial charge is 0.242 e. The molecule has 8 heteroatoms. The number of hydrogen-bond donors (Lipinski definition) is 3. The van der Waals surface area contributed by atoms with Gasteiger partial charge in [0.1, 0.15) is 10.7 Å². The molecule has 0 aliphatic rings. The molecule has 0 aromatic carbocycles. The van der Waals surface area contributed by atoms with Crippen molar-refractivity contribution in [2.75, 3.05) is 26.0 Å². The largest absolute Gasteiger partial charge is 0.373 e. The number of amides is 1. The minimum atomic E-state index is -3.68. The molecule has 0 radical (unpaired) electrons. The van der Waals surface area contributed by atoms with Crippen molar-refractivity contribution in [3.63, 3.8) is 0 Å². The molecule has 1 amide bonds. The van der Waals surface area contributed by atoms with Gasteiger partial charge in [0.25, 0.3) is 0 Å². The van der Waals surface area contributed by atoms with Crippen LogP contribution in [0.4, 0.5) is 5.82 Å². The highest BCUT2D eigenvalue weighted by molar-refractivity contribution is 7.89. The molecule has 0 aliphatic heterocycles. The average Bonchev–Trinajstić information content (AvgIpc) is 2.44. The predicted octanol–water partition coefficient (Wildman–Crippen LogP) is 0.174. The number of nitrogens with zero attached hydrogens (tertiary/aromatic N) is 1. The minimum absolute atomic E-state index is 0.00276. The van der Waals surface area contributed by atoms with E-state index in [0.29, 0.717) is 5.82 Å². The van der Waals surface area contributed by atoms with Crippen LogP contribution in [-0.2, 0) is 14.8 Å². The number of anilines is 1. The van der Waals surface area contributed by atoms with E-state index in [0.717, 1.165) is 0 Å². The van der Waals surface area contributed by atoms with Crippen LogP contribution in [0.3, 0.4) is 0 Å². The molecular weight excluding hydrogens is 280 g/mol. The van der Waals surface area contributed by atoms with Gasteiger partial charge in [0, 0.05) is 26.8 Å². The third-order valence-electron chi connectivity index (χ3n) is 2.85. The van der Waals surface area contributed by atoms with E-state index in [9.17, 15) is 13.2 Å². The fourth-order valence-electron chi connectivity index (χ4n) is 1.46. The van der Waals surface area contributed by atoms with Crippen molar-refractivity contribution in [3.05, 3.63) is 18.3 Å². The van der Waals surface area contributed by atoms with E-state index in [4.69, 9.17) is 0 Å². The van der Waals surface area contributed by atoms with Crippen LogP contribution in [0.15, 0.2) is 23.2 Å². The Morgan fingerprint density at radius 1 is 1.30 bits per heavy atom. The topological polar surface area (TPSA) is 100 Å². The van der Waals surface area contributed by atoms with Gasteiger partial charge >= 0.3 is 0 Å². The summed E-state index contributed by atoms with van der Waals surface area (Å²) in [5.74, 6) is 0.346. The second-order valence-electron chi connectivity index (χ2n) is 4.92. The van der Waals surface area contributed by atoms with Gasteiger partial charge in [0.15, 0.2) is 0 Å². The third kappa shape index (κ3) is 3.91. The fourth-order valence-corrected chi connectivity index (χ4v) is 2.62. The standard InChI is InChI=1S/C12H20N4O3S/c1-12(2,11(17)14-4)8-16-20(18,19)9-5-6-10(13-3)15-7-9/h5-7,16H,8H2,1-4H3,(H,13,15)(H,14,17). The van der Waals surface area contributed by atoms with Gasteiger partial charge in [-0.05, 0) is 26.0 Å². The van der Waals surface area contributed by atoms with Gasteiger partial charge in [-0.3, -0.25) is 4.79 Å². The predicted molar refractivity (Wildman–Crippen MR) is 76.8 cm³/mol. The molecule has 1 heterocycles. The number of carbonyl (C=O) groups excluding carboxylic acids is 1. The summed E-state index contributed by atoms with van der Waals surface area (Å²) < 4.78 is 26.6. The summed E-state index contributed by atoms with van der Waals surface area (Å²) in [7, 11) is -0.473. The molecular formula is C12H20N4O3S. The highest BCUT2D eigenvalue weighted by Crippen LogP contribution is 2.16. The Hall–Kier alpha value is -1.67. The molecule has 1 rings (SSSR count). The summed E-state index contributed by atoms with van der Waals surface area (Å²) >= 11 is 0. The molecule has 0 saturated heterocycles. The van der Waals surface area contributed by atoms with Crippen molar-refractivity contribution in [2.24, 2.45) is 5.41 Å². The molecule has 0 unspecified atom stereocenters. The fraction of sp³-hybridized carbons (Fsp3) is 0.500. The van der Waals surface area contributed by atoms with Gasteiger partial charge in [-0.25, -0.2) is 18.1 Å². The van der Waals surface area contributed by atoms with Crippen LogP contribution < -0.4 is 15.4 Å². The molecule has 0 saturated carbocycles. The van der Waals surface area contributed by atoms with Crippen LogP contribution >= 0.6 is 0 Å². The highest BCUT2D eigenvalue weighted by Gasteiger charge is 2.28. The quantitative estimate of drug-likeness (QED) is 0.695. The maximum absolute atomic E-state index is 12.1. The second-order valence-corrected chi connectivity index (χ2v) is 6.68. The SMILES string of the molecule is CNC(=O)C(C)(C)CNS(=O)(=O)c1ccc(NC)nc1. The van der Waals surface area contributed by atoms with Gasteiger partial charge < -0.3 is 10.6 Å². The number of aromatic nitrogens is 1. The van der Waals surface area contributed by atoms with Gasteiger partial charge in [0.2, 0.25) is 15.9 Å². The molecule has 0 bridgehead atoms. The zero-order chi connectivity index (χ0) is 15.4. The monoisotopic (exact) mass is 300 g/mol. The minimum Gasteiger partial charge on any atom is -0.373 e. The van der Waals surface area contributed by atoms with Crippen molar-refractivity contribution in [3.8, 4) is 0 Å². The first-order valence-corrected chi connectivity index (χ1v) is 7.57. The van der Waals surface area contributed by atoms with Crippen LogP contribution in [0.25, 0.3) is 0 Å². The first-order chi connectivity index (χ1) is 9.23. The summed E-state index contributed by atoms with van der Waals surface area (Å²) in [4.78, 5) is 15.6. The Morgan fingerprint density at radius 2 is 1.95 bits per heavy atom. The summed E-state index contributed by atoms with van der Waals surface area (Å²) in [6.07, 6.45) is 1.26. The van der Waals surface area contributed by atoms with Gasteiger partial charge in [0.05, 0.1) is 5.41 Å². The van der Waals surface area contributed by atoms with Crippen molar-refractivity contribution in [1.29, 1.82) is 0 Å². The number of sulfonamides is 1. The van der Waals surface area contributed by atoms with E-state index in [-0.39, 0.29) is 17.3 Å². The number of pyridine rings is 1. The number of rotatable bonds is 6. The van der Waals surface area contributed by atoms with Gasteiger partial charge in [-0.2, -0.15) is 0 Å². The number of hydrogen-bond acceptors (Lipinski definition) is 5. The molecule has 0 atom stereocenters. The Labute approximate surface area is 119 Å². The summed E-state index contributed by atoms with van der Waals surface area (Å²) in [5, 5.41) is 5.31. The van der Waals surface area contributed by atoms with E-state index in [1.807, 2.05) is 0 Å². The van der Waals surface area contributed by atoms with Crippen LogP contribution in [0, 0.1) is 5.41 Å². The van der Waals surface area contributed by atoms with Crippen LogP contribution in [0.1, 0.15) is 13.8 Å². The van der Waals surface area contributed by atoms with Crippen molar-refractivity contribution in [1.82, 2.24) is 15.0 Å². The average molecular weight is 300 g/mol. The number of carbonyl (C=O) groups is 1. The Bertz CT molecular complexity index is 567. The maximum atomic E-state index is 12.1. The summed E-state index contributed by atoms with van der Waals surface area (Å²) in [6.45, 7) is 3.33. The van der Waals surface area contributed by atoms with Crippen molar-refractivity contribution < 1.29 is 13.2 Å². The molecule has 3 N–H and O–H groups in total. The van der Waals surface area contributed by atoms with Crippen LogP contribution in [0.5, 0.6) is 0 Å². The third-order valence-corrected chi connectivity index (χ3v) is 4.24. The molecule has 0 aliphatic carbocycles. The normalized spacial score (nSPS) is 12.0. The first-order valence-electron chi connectivity index (χ1n) is 6.08. The molecule has 20 heavy (non-hydrogen) atoms. The lowest BCUT2D eigenvalue weighted by Gasteiger charge is -2.22. The molecule has 1 aromatic rings. The first kappa shape index (κ1) is 16.4. The Morgan fingerprint density at radius 3 is 2.40 bits per heavy atom. The summed E-state index contributed by atoms with van der Waals surface area (Å²) in [6, 6.07) is 3.02. The molecule has 0 spiro atoms. The Balaban J connectivity index is 2.82. The van der Waals surface area contributed by atoms with Crippen LogP contribution in [-0.4, -0.2) is 39.9 Å². The van der Waals surface area contributed by atoms with Crippen molar-refractivity contribution >= 4 is 21.7 Å². The summed E-state index contributed by atoms with van der Waals surface area (Å²) in [5.41, 5.74) is -0.833. The zero-order valence-electron chi connectivity index (χ0n) is 12.0. The van der Waals surface area contributed by atoms with E-state index >= 15 is 0 Å². The second kappa shape index (κ2) is 6.19. The maximum Gasteiger partial charge on any atom is 0.242 e. The van der Waals surface area contributed by atoms with Gasteiger partial charge in [-0.1, -0.05) is 0 Å². The van der Waals surface area contributed by atoms with E-state index < -0.39 is 15.4 Å². The molecule has 112 valence electrons. The lowest BCUT2D eigenvalue weighted by Crippen LogP contribution is -2.43. The highest BCUT2D eigenvalue weighted by atomic mass is 32.2. The number of nitrogens with one attached hydrogen (secondary N) is 3. The van der Waals surface area contributed by atoms with E-state index in [1.165, 1.54) is 19.3 Å². The lowest BCUT2D eigenvalue weighted by atomic mass is 9.93. The Kier molecular flexibility index (Phi) is 5.07. The lowest BCUT2D eigenvalue weighted by molar-refractivity contribution is -0.128. The van der Waals surface area contributed by atoms with Crippen LogP contribution in [0.2, 0.25) is 0 Å². The van der Waals surface area contributed by atoms with Crippen molar-refractivity contribution in [2.45, 2.75) is 18.7 Å². The zero-order valence-corrected chi connectivity index (χ0v) is 12.8. The van der Waals surface area contributed by atoms with E-state index in [2.05, 4.69) is 20.3 Å². The molecule has 7 nitrogen and oxygen atoms in total. The van der Waals surface area contributed by atoms with E-state index in [1.54, 1.807) is 27.0 Å².